The number of halogens is 2. The van der Waals surface area contributed by atoms with Gasteiger partial charge in [-0.15, -0.1) is 0 Å². The van der Waals surface area contributed by atoms with Crippen molar-refractivity contribution in [2.24, 2.45) is 4.99 Å². The Morgan fingerprint density at radius 3 is 2.73 bits per heavy atom. The van der Waals surface area contributed by atoms with Crippen LogP contribution in [-0.2, 0) is 9.53 Å². The van der Waals surface area contributed by atoms with Gasteiger partial charge in [0.2, 0.25) is 0 Å². The van der Waals surface area contributed by atoms with Gasteiger partial charge < -0.3 is 14.6 Å². The summed E-state index contributed by atoms with van der Waals surface area (Å²) in [7, 11) is 1.58. The predicted molar refractivity (Wildman–Crippen MR) is 169 cm³/mol. The predicted octanol–water partition coefficient (Wildman–Crippen LogP) is 5.81. The second kappa shape index (κ2) is 11.9. The van der Waals surface area contributed by atoms with Crippen molar-refractivity contribution in [3.05, 3.63) is 98.7 Å². The summed E-state index contributed by atoms with van der Waals surface area (Å²) in [6.07, 6.45) is 2.95. The van der Waals surface area contributed by atoms with Crippen molar-refractivity contribution < 1.29 is 19.4 Å². The van der Waals surface area contributed by atoms with Crippen LogP contribution in [0.25, 0.3) is 16.8 Å². The molecule has 7 nitrogen and oxygen atoms in total. The molecule has 5 rings (SSSR count). The van der Waals surface area contributed by atoms with Gasteiger partial charge in [-0.25, -0.2) is 9.79 Å². The van der Waals surface area contributed by atoms with Gasteiger partial charge in [0.25, 0.3) is 5.56 Å². The first-order valence-corrected chi connectivity index (χ1v) is 15.4. The maximum atomic E-state index is 14.2. The van der Waals surface area contributed by atoms with Crippen molar-refractivity contribution >= 4 is 72.7 Å². The largest absolute Gasteiger partial charge is 0.506 e. The Morgan fingerprint density at radius 1 is 1.23 bits per heavy atom. The van der Waals surface area contributed by atoms with E-state index in [0.29, 0.717) is 47.5 Å². The molecule has 0 spiro atoms. The molecule has 1 aliphatic heterocycles. The van der Waals surface area contributed by atoms with Gasteiger partial charge in [0, 0.05) is 15.6 Å². The van der Waals surface area contributed by atoms with Crippen LogP contribution in [0.15, 0.2) is 74.1 Å². The number of hydrogen-bond donors (Lipinski definition) is 1. The topological polar surface area (TPSA) is 90.1 Å². The number of ether oxygens (including phenoxy) is 2. The van der Waals surface area contributed by atoms with Gasteiger partial charge in [-0.1, -0.05) is 70.9 Å². The summed E-state index contributed by atoms with van der Waals surface area (Å²) in [5, 5.41) is 12.5. The van der Waals surface area contributed by atoms with Crippen molar-refractivity contribution in [3.8, 4) is 11.5 Å². The zero-order chi connectivity index (χ0) is 28.6. The van der Waals surface area contributed by atoms with Crippen LogP contribution < -0.4 is 19.6 Å². The molecule has 1 aromatic heterocycles. The maximum absolute atomic E-state index is 14.2. The maximum Gasteiger partial charge on any atom is 0.338 e. The number of esters is 1. The number of aromatic nitrogens is 1. The third kappa shape index (κ3) is 5.12. The Balaban J connectivity index is 1.89. The minimum Gasteiger partial charge on any atom is -0.506 e. The van der Waals surface area contributed by atoms with Crippen LogP contribution >= 0.6 is 49.9 Å². The number of phenols is 1. The second-order valence-corrected chi connectivity index (χ2v) is 12.2. The van der Waals surface area contributed by atoms with Gasteiger partial charge >= 0.3 is 5.97 Å². The van der Waals surface area contributed by atoms with Gasteiger partial charge in [0.05, 0.1) is 33.1 Å². The van der Waals surface area contributed by atoms with E-state index in [0.717, 1.165) is 21.7 Å². The minimum absolute atomic E-state index is 0.0841. The highest BCUT2D eigenvalue weighted by Gasteiger charge is 2.37. The summed E-state index contributed by atoms with van der Waals surface area (Å²) in [4.78, 5) is 33.1. The first kappa shape index (κ1) is 28.6. The molecule has 40 heavy (non-hydrogen) atoms. The van der Waals surface area contributed by atoms with E-state index in [-0.39, 0.29) is 17.9 Å². The number of hydrogen-bond acceptors (Lipinski definition) is 7. The summed E-state index contributed by atoms with van der Waals surface area (Å²) in [6.45, 7) is 3.96. The van der Waals surface area contributed by atoms with Crippen LogP contribution in [0.2, 0.25) is 0 Å². The number of methoxy groups -OCH3 is 1. The first-order chi connectivity index (χ1) is 19.3. The molecule has 2 heterocycles. The monoisotopic (exact) mass is 732 g/mol. The van der Waals surface area contributed by atoms with Crippen LogP contribution in [-0.4, -0.2) is 29.4 Å². The quantitative estimate of drug-likeness (QED) is 0.191. The Bertz CT molecular complexity index is 1860. The van der Waals surface area contributed by atoms with Crippen LogP contribution in [0.4, 0.5) is 0 Å². The summed E-state index contributed by atoms with van der Waals surface area (Å²) in [5.74, 6) is 0.126. The number of fused-ring (bicyclic) bond motifs is 2. The summed E-state index contributed by atoms with van der Waals surface area (Å²) in [5.41, 5.74) is 1.79. The van der Waals surface area contributed by atoms with Crippen molar-refractivity contribution in [2.75, 3.05) is 13.7 Å². The average Bonchev–Trinajstić information content (AvgIpc) is 3.24. The van der Waals surface area contributed by atoms with E-state index in [1.54, 1.807) is 36.8 Å². The van der Waals surface area contributed by atoms with E-state index in [1.165, 1.54) is 11.3 Å². The van der Waals surface area contributed by atoms with Crippen LogP contribution in [0.3, 0.4) is 0 Å². The molecule has 10 heteroatoms. The van der Waals surface area contributed by atoms with Crippen LogP contribution in [0.1, 0.15) is 43.9 Å². The van der Waals surface area contributed by atoms with E-state index < -0.39 is 12.0 Å². The number of thiazole rings is 1. The Hall–Kier alpha value is -2.96. The number of rotatable bonds is 7. The molecule has 0 saturated carbocycles. The Kier molecular flexibility index (Phi) is 8.48. The van der Waals surface area contributed by atoms with E-state index in [4.69, 9.17) is 14.5 Å². The molecule has 0 radical (unpaired) electrons. The number of carbonyl (C=O) groups excluding carboxylic acids is 1. The fourth-order valence-corrected chi connectivity index (χ4v) is 7.53. The van der Waals surface area contributed by atoms with Gasteiger partial charge in [0.15, 0.2) is 4.80 Å². The Labute approximate surface area is 256 Å². The first-order valence-electron chi connectivity index (χ1n) is 12.7. The SMILES string of the molecule is CCCC1=C(C(=O)OCC)[C@@H](c2c(OC)ccc3ccccc23)n2c(s/c(=C/c3cc(Br)cc(I)c3O)c2=O)=N1. The van der Waals surface area contributed by atoms with Gasteiger partial charge in [-0.05, 0) is 71.0 Å². The van der Waals surface area contributed by atoms with Gasteiger partial charge in [0.1, 0.15) is 17.5 Å². The molecule has 0 unspecified atom stereocenters. The molecule has 0 amide bonds. The average molecular weight is 733 g/mol. The van der Waals surface area contributed by atoms with E-state index >= 15 is 0 Å². The normalized spacial score (nSPS) is 15.2. The zero-order valence-electron chi connectivity index (χ0n) is 22.0. The highest BCUT2D eigenvalue weighted by atomic mass is 127. The van der Waals surface area contributed by atoms with Crippen molar-refractivity contribution in [1.29, 1.82) is 0 Å². The van der Waals surface area contributed by atoms with Crippen LogP contribution in [0, 0.1) is 3.57 Å². The summed E-state index contributed by atoms with van der Waals surface area (Å²) in [6, 6.07) is 14.4. The van der Waals surface area contributed by atoms with Crippen molar-refractivity contribution in [2.45, 2.75) is 32.7 Å². The number of allylic oxidation sites excluding steroid dienone is 1. The van der Waals surface area contributed by atoms with Crippen molar-refractivity contribution in [1.82, 2.24) is 4.57 Å². The fourth-order valence-electron chi connectivity index (χ4n) is 4.97. The molecule has 0 bridgehead atoms. The highest BCUT2D eigenvalue weighted by Crippen LogP contribution is 2.41. The lowest BCUT2D eigenvalue weighted by Crippen LogP contribution is -2.40. The highest BCUT2D eigenvalue weighted by molar-refractivity contribution is 14.1. The number of carbonyl (C=O) groups is 1. The van der Waals surface area contributed by atoms with E-state index in [1.807, 2.05) is 65.9 Å². The molecule has 1 aliphatic rings. The molecular weight excluding hydrogens is 707 g/mol. The summed E-state index contributed by atoms with van der Waals surface area (Å²) >= 11 is 6.75. The lowest BCUT2D eigenvalue weighted by atomic mass is 9.90. The third-order valence-corrected chi connectivity index (χ3v) is 8.92. The molecule has 1 atom stereocenters. The molecule has 206 valence electrons. The second-order valence-electron chi connectivity index (χ2n) is 9.14. The number of nitrogens with zero attached hydrogens (tertiary/aromatic N) is 2. The van der Waals surface area contributed by atoms with Crippen LogP contribution in [0.5, 0.6) is 11.5 Å². The fraction of sp³-hybridized carbons (Fsp3) is 0.233. The molecule has 0 saturated heterocycles. The lowest BCUT2D eigenvalue weighted by Gasteiger charge is -2.28. The zero-order valence-corrected chi connectivity index (χ0v) is 26.6. The van der Waals surface area contributed by atoms with E-state index in [2.05, 4.69) is 15.9 Å². The lowest BCUT2D eigenvalue weighted by molar-refractivity contribution is -0.139. The Morgan fingerprint density at radius 2 is 2.00 bits per heavy atom. The van der Waals surface area contributed by atoms with E-state index in [9.17, 15) is 14.7 Å². The third-order valence-electron chi connectivity index (χ3n) is 6.66. The molecule has 3 aromatic carbocycles. The molecular formula is C30H26BrIN2O5S. The molecule has 4 aromatic rings. The molecule has 1 N–H and O–H groups in total. The smallest absolute Gasteiger partial charge is 0.338 e. The van der Waals surface area contributed by atoms with Gasteiger partial charge in [-0.3, -0.25) is 9.36 Å². The van der Waals surface area contributed by atoms with Gasteiger partial charge in [-0.2, -0.15) is 0 Å². The number of benzene rings is 3. The summed E-state index contributed by atoms with van der Waals surface area (Å²) < 4.78 is 14.7. The molecule has 0 fully saturated rings. The van der Waals surface area contributed by atoms with Crippen molar-refractivity contribution in [3.63, 3.8) is 0 Å². The standard InChI is InChI=1S/C30H26BrIN2O5S/c1-4-8-21-25(29(37)39-5-2)26(24-19-10-7-6-9-16(19)11-12-22(24)38-3)34-28(36)23(40-30(34)33-21)14-17-13-18(31)15-20(32)27(17)35/h6-7,9-15,26,35H,4-5,8H2,1-3H3/b23-14+/t26-/m1/s1. The number of phenolic OH excluding ortho intramolecular Hbond substituents is 1. The molecule has 0 aliphatic carbocycles. The minimum atomic E-state index is -0.823. The number of aromatic hydroxyl groups is 1.